The first-order valence-electron chi connectivity index (χ1n) is 6.97. The summed E-state index contributed by atoms with van der Waals surface area (Å²) in [6, 6.07) is 6.50. The average molecular weight is 297 g/mol. The van der Waals surface area contributed by atoms with Gasteiger partial charge in [-0.05, 0) is 43.0 Å². The third-order valence-corrected chi connectivity index (χ3v) is 3.49. The maximum Gasteiger partial charge on any atom is 0.311 e. The molecule has 0 saturated carbocycles. The summed E-state index contributed by atoms with van der Waals surface area (Å²) in [4.78, 5) is 19.1. The van der Waals surface area contributed by atoms with E-state index in [2.05, 4.69) is 21.4 Å². The van der Waals surface area contributed by atoms with Gasteiger partial charge in [0.25, 0.3) is 0 Å². The Kier molecular flexibility index (Phi) is 3.69. The number of nitrogens with zero attached hydrogens (tertiary/aromatic N) is 3. The van der Waals surface area contributed by atoms with Crippen LogP contribution in [0.2, 0.25) is 0 Å². The summed E-state index contributed by atoms with van der Waals surface area (Å²) in [6.45, 7) is 0. The number of anilines is 3. The zero-order valence-electron chi connectivity index (χ0n) is 11.8. The molecule has 2 aromatic rings. The van der Waals surface area contributed by atoms with Crippen LogP contribution in [-0.4, -0.2) is 14.9 Å². The Morgan fingerprint density at radius 2 is 2.14 bits per heavy atom. The molecule has 22 heavy (non-hydrogen) atoms. The molecule has 0 amide bonds. The van der Waals surface area contributed by atoms with E-state index in [1.165, 1.54) is 12.3 Å². The fourth-order valence-electron chi connectivity index (χ4n) is 2.39. The average Bonchev–Trinajstić information content (AvgIpc) is 3.03. The van der Waals surface area contributed by atoms with Crippen molar-refractivity contribution in [3.63, 3.8) is 0 Å². The summed E-state index contributed by atoms with van der Waals surface area (Å²) in [5, 5.41) is 14.1. The molecule has 0 spiro atoms. The predicted octanol–water partition coefficient (Wildman–Crippen LogP) is 3.28. The van der Waals surface area contributed by atoms with E-state index in [0.29, 0.717) is 11.5 Å². The highest BCUT2D eigenvalue weighted by Crippen LogP contribution is 2.31. The molecule has 7 nitrogen and oxygen atoms in total. The second-order valence-corrected chi connectivity index (χ2v) is 5.04. The van der Waals surface area contributed by atoms with E-state index in [0.717, 1.165) is 30.5 Å². The monoisotopic (exact) mass is 297 g/mol. The number of allylic oxidation sites excluding steroid dienone is 2. The predicted molar refractivity (Wildman–Crippen MR) is 84.7 cm³/mol. The van der Waals surface area contributed by atoms with Gasteiger partial charge in [-0.1, -0.05) is 6.08 Å². The second-order valence-electron chi connectivity index (χ2n) is 5.04. The molecule has 0 aromatic carbocycles. The zero-order valence-corrected chi connectivity index (χ0v) is 11.8. The first-order chi connectivity index (χ1) is 10.6. The Balaban J connectivity index is 1.97. The van der Waals surface area contributed by atoms with Crippen molar-refractivity contribution in [1.29, 1.82) is 0 Å². The number of pyridine rings is 2. The molecule has 1 aliphatic carbocycles. The summed E-state index contributed by atoms with van der Waals surface area (Å²) < 4.78 is 0. The standard InChI is InChI=1S/C15H15N5O2/c16-14-8-5-11(9-17-14)18-15-13(20(21)22)7-6-12(19-15)10-3-1-2-4-10/h3,5-9H,1-2,4H2,(H2,16,17)(H,18,19). The molecule has 7 heteroatoms. The number of hydrogen-bond donors (Lipinski definition) is 2. The number of hydrogen-bond acceptors (Lipinski definition) is 6. The molecule has 3 N–H and O–H groups in total. The largest absolute Gasteiger partial charge is 0.384 e. The van der Waals surface area contributed by atoms with Crippen LogP contribution in [0.15, 0.2) is 36.5 Å². The zero-order chi connectivity index (χ0) is 15.5. The van der Waals surface area contributed by atoms with Crippen molar-refractivity contribution in [1.82, 2.24) is 9.97 Å². The first-order valence-corrected chi connectivity index (χ1v) is 6.97. The third-order valence-electron chi connectivity index (χ3n) is 3.49. The molecule has 3 rings (SSSR count). The lowest BCUT2D eigenvalue weighted by molar-refractivity contribution is -0.384. The van der Waals surface area contributed by atoms with Crippen LogP contribution in [-0.2, 0) is 0 Å². The van der Waals surface area contributed by atoms with E-state index < -0.39 is 4.92 Å². The minimum Gasteiger partial charge on any atom is -0.384 e. The molecule has 0 saturated heterocycles. The molecule has 112 valence electrons. The van der Waals surface area contributed by atoms with Gasteiger partial charge in [-0.3, -0.25) is 10.1 Å². The summed E-state index contributed by atoms with van der Waals surface area (Å²) >= 11 is 0. The van der Waals surface area contributed by atoms with Crippen LogP contribution in [0.5, 0.6) is 0 Å². The molecule has 0 radical (unpaired) electrons. The van der Waals surface area contributed by atoms with Crippen LogP contribution < -0.4 is 11.1 Å². The maximum absolute atomic E-state index is 11.2. The van der Waals surface area contributed by atoms with Crippen molar-refractivity contribution >= 4 is 28.6 Å². The Hall–Kier alpha value is -2.96. The Bertz CT molecular complexity index is 740. The van der Waals surface area contributed by atoms with Gasteiger partial charge in [0.1, 0.15) is 5.82 Å². The van der Waals surface area contributed by atoms with Crippen LogP contribution >= 0.6 is 0 Å². The maximum atomic E-state index is 11.2. The molecule has 0 fully saturated rings. The minimum atomic E-state index is -0.452. The first kappa shape index (κ1) is 14.0. The van der Waals surface area contributed by atoms with Crippen LogP contribution in [0.3, 0.4) is 0 Å². The molecular weight excluding hydrogens is 282 g/mol. The Morgan fingerprint density at radius 1 is 1.27 bits per heavy atom. The molecule has 2 heterocycles. The fourth-order valence-corrected chi connectivity index (χ4v) is 2.39. The van der Waals surface area contributed by atoms with Crippen LogP contribution in [0.25, 0.3) is 5.57 Å². The molecule has 0 bridgehead atoms. The highest BCUT2D eigenvalue weighted by Gasteiger charge is 2.18. The number of aromatic nitrogens is 2. The van der Waals surface area contributed by atoms with Gasteiger partial charge < -0.3 is 11.1 Å². The second kappa shape index (κ2) is 5.80. The van der Waals surface area contributed by atoms with E-state index in [1.54, 1.807) is 18.2 Å². The van der Waals surface area contributed by atoms with Gasteiger partial charge in [0.2, 0.25) is 5.82 Å². The highest BCUT2D eigenvalue weighted by atomic mass is 16.6. The number of nitrogen functional groups attached to an aromatic ring is 1. The SMILES string of the molecule is Nc1ccc(Nc2nc(C3=CCCC3)ccc2[N+](=O)[O-])cn1. The molecular formula is C15H15N5O2. The minimum absolute atomic E-state index is 0.0702. The summed E-state index contributed by atoms with van der Waals surface area (Å²) in [5.41, 5.74) is 7.97. The van der Waals surface area contributed by atoms with Crippen LogP contribution in [0, 0.1) is 10.1 Å². The highest BCUT2D eigenvalue weighted by molar-refractivity contribution is 5.71. The molecule has 0 unspecified atom stereocenters. The number of nitrogens with one attached hydrogen (secondary N) is 1. The van der Waals surface area contributed by atoms with Crippen molar-refractivity contribution in [2.45, 2.75) is 19.3 Å². The quantitative estimate of drug-likeness (QED) is 0.662. The fraction of sp³-hybridized carbons (Fsp3) is 0.200. The normalized spacial score (nSPS) is 13.7. The van der Waals surface area contributed by atoms with Crippen molar-refractivity contribution in [3.05, 3.63) is 52.3 Å². The molecule has 2 aromatic heterocycles. The van der Waals surface area contributed by atoms with Crippen molar-refractivity contribution in [3.8, 4) is 0 Å². The van der Waals surface area contributed by atoms with Crippen molar-refractivity contribution in [2.75, 3.05) is 11.1 Å². The van der Waals surface area contributed by atoms with E-state index in [9.17, 15) is 10.1 Å². The smallest absolute Gasteiger partial charge is 0.311 e. The van der Waals surface area contributed by atoms with E-state index in [4.69, 9.17) is 5.73 Å². The van der Waals surface area contributed by atoms with Gasteiger partial charge in [0.05, 0.1) is 22.5 Å². The van der Waals surface area contributed by atoms with E-state index >= 15 is 0 Å². The summed E-state index contributed by atoms with van der Waals surface area (Å²) in [7, 11) is 0. The lowest BCUT2D eigenvalue weighted by Crippen LogP contribution is -2.02. The third kappa shape index (κ3) is 2.88. The van der Waals surface area contributed by atoms with E-state index in [-0.39, 0.29) is 11.5 Å². The van der Waals surface area contributed by atoms with Gasteiger partial charge >= 0.3 is 5.69 Å². The van der Waals surface area contributed by atoms with Crippen molar-refractivity contribution < 1.29 is 4.92 Å². The van der Waals surface area contributed by atoms with E-state index in [1.807, 2.05) is 0 Å². The van der Waals surface area contributed by atoms with Gasteiger partial charge in [0.15, 0.2) is 0 Å². The van der Waals surface area contributed by atoms with Crippen LogP contribution in [0.1, 0.15) is 25.0 Å². The number of rotatable bonds is 4. The van der Waals surface area contributed by atoms with Gasteiger partial charge in [-0.2, -0.15) is 0 Å². The lowest BCUT2D eigenvalue weighted by Gasteiger charge is -2.09. The van der Waals surface area contributed by atoms with Gasteiger partial charge in [-0.15, -0.1) is 0 Å². The summed E-state index contributed by atoms with van der Waals surface area (Å²) in [6.07, 6.45) is 6.72. The topological polar surface area (TPSA) is 107 Å². The Labute approximate surface area is 127 Å². The number of nitro groups is 1. The molecule has 0 atom stereocenters. The van der Waals surface area contributed by atoms with Crippen molar-refractivity contribution in [2.24, 2.45) is 0 Å². The lowest BCUT2D eigenvalue weighted by atomic mass is 10.1. The molecule has 1 aliphatic rings. The van der Waals surface area contributed by atoms with Gasteiger partial charge in [0, 0.05) is 6.07 Å². The van der Waals surface area contributed by atoms with Gasteiger partial charge in [-0.25, -0.2) is 9.97 Å². The number of nitrogens with two attached hydrogens (primary N) is 1. The van der Waals surface area contributed by atoms with Crippen LogP contribution in [0.4, 0.5) is 23.0 Å². The Morgan fingerprint density at radius 3 is 2.77 bits per heavy atom. The summed E-state index contributed by atoms with van der Waals surface area (Å²) in [5.74, 6) is 0.597. The molecule has 0 aliphatic heterocycles.